The number of ether oxygens (including phenoxy) is 1. The summed E-state index contributed by atoms with van der Waals surface area (Å²) in [6.07, 6.45) is 5.46. The minimum atomic E-state index is 0.497. The summed E-state index contributed by atoms with van der Waals surface area (Å²) in [6.45, 7) is 7.75. The molecule has 1 unspecified atom stereocenters. The van der Waals surface area contributed by atoms with Gasteiger partial charge in [-0.1, -0.05) is 38.8 Å². The molecule has 20 heavy (non-hydrogen) atoms. The van der Waals surface area contributed by atoms with Crippen LogP contribution >= 0.6 is 0 Å². The van der Waals surface area contributed by atoms with Gasteiger partial charge >= 0.3 is 0 Å². The van der Waals surface area contributed by atoms with E-state index in [0.717, 1.165) is 24.1 Å². The molecule has 1 aromatic rings. The summed E-state index contributed by atoms with van der Waals surface area (Å²) in [4.78, 5) is 0. The summed E-state index contributed by atoms with van der Waals surface area (Å²) < 4.78 is 5.38. The van der Waals surface area contributed by atoms with Gasteiger partial charge in [0.15, 0.2) is 0 Å². The third-order valence-corrected chi connectivity index (χ3v) is 4.73. The van der Waals surface area contributed by atoms with Crippen LogP contribution in [-0.4, -0.2) is 13.7 Å². The molecule has 2 rings (SSSR count). The summed E-state index contributed by atoms with van der Waals surface area (Å²) in [7, 11) is 1.74. The van der Waals surface area contributed by atoms with Gasteiger partial charge in [-0.2, -0.15) is 0 Å². The van der Waals surface area contributed by atoms with Gasteiger partial charge in [0.05, 0.1) is 7.11 Å². The third kappa shape index (κ3) is 3.54. The average molecular weight is 275 g/mol. The first kappa shape index (κ1) is 15.4. The van der Waals surface area contributed by atoms with Crippen LogP contribution in [-0.2, 0) is 0 Å². The van der Waals surface area contributed by atoms with Gasteiger partial charge in [0.25, 0.3) is 0 Å². The Morgan fingerprint density at radius 3 is 2.50 bits per heavy atom. The number of benzene rings is 1. The fourth-order valence-electron chi connectivity index (χ4n) is 3.49. The summed E-state index contributed by atoms with van der Waals surface area (Å²) in [5.41, 5.74) is 2.65. The van der Waals surface area contributed by atoms with E-state index in [1.165, 1.54) is 36.8 Å². The molecule has 1 fully saturated rings. The van der Waals surface area contributed by atoms with Crippen LogP contribution in [0.3, 0.4) is 0 Å². The SMILES string of the molecule is CCNC(c1ccc(OC)c(C)c1)C1CCC(C)CC1. The quantitative estimate of drug-likeness (QED) is 0.855. The van der Waals surface area contributed by atoms with E-state index in [1.54, 1.807) is 7.11 Å². The summed E-state index contributed by atoms with van der Waals surface area (Å²) >= 11 is 0. The summed E-state index contributed by atoms with van der Waals surface area (Å²) in [6, 6.07) is 7.14. The van der Waals surface area contributed by atoms with E-state index in [0.29, 0.717) is 6.04 Å². The smallest absolute Gasteiger partial charge is 0.121 e. The lowest BCUT2D eigenvalue weighted by molar-refractivity contribution is 0.233. The van der Waals surface area contributed by atoms with Gasteiger partial charge in [-0.05, 0) is 55.3 Å². The number of rotatable bonds is 5. The second-order valence-electron chi connectivity index (χ2n) is 6.28. The van der Waals surface area contributed by atoms with Gasteiger partial charge in [0.2, 0.25) is 0 Å². The predicted octanol–water partition coefficient (Wildman–Crippen LogP) is 4.48. The van der Waals surface area contributed by atoms with E-state index < -0.39 is 0 Å². The lowest BCUT2D eigenvalue weighted by Crippen LogP contribution is -2.30. The van der Waals surface area contributed by atoms with Crippen LogP contribution in [0.1, 0.15) is 56.7 Å². The summed E-state index contributed by atoms with van der Waals surface area (Å²) in [5, 5.41) is 3.71. The van der Waals surface area contributed by atoms with Gasteiger partial charge in [-0.25, -0.2) is 0 Å². The normalized spacial score (nSPS) is 24.4. The van der Waals surface area contributed by atoms with Crippen molar-refractivity contribution in [3.63, 3.8) is 0 Å². The van der Waals surface area contributed by atoms with Crippen molar-refractivity contribution < 1.29 is 4.74 Å². The fourth-order valence-corrected chi connectivity index (χ4v) is 3.49. The Bertz CT molecular complexity index is 421. The molecule has 1 aliphatic carbocycles. The molecule has 0 bridgehead atoms. The second-order valence-corrected chi connectivity index (χ2v) is 6.28. The Morgan fingerprint density at radius 1 is 1.25 bits per heavy atom. The molecule has 0 radical (unpaired) electrons. The molecule has 2 heteroatoms. The molecule has 0 aliphatic heterocycles. The lowest BCUT2D eigenvalue weighted by Gasteiger charge is -2.33. The lowest BCUT2D eigenvalue weighted by atomic mass is 9.77. The molecule has 0 heterocycles. The second kappa shape index (κ2) is 7.12. The van der Waals surface area contributed by atoms with E-state index in [-0.39, 0.29) is 0 Å². The first-order valence-corrected chi connectivity index (χ1v) is 8.03. The van der Waals surface area contributed by atoms with Crippen LogP contribution in [0.4, 0.5) is 0 Å². The molecule has 1 atom stereocenters. The molecule has 1 saturated carbocycles. The Morgan fingerprint density at radius 2 is 1.95 bits per heavy atom. The molecule has 2 nitrogen and oxygen atoms in total. The minimum absolute atomic E-state index is 0.497. The van der Waals surface area contributed by atoms with E-state index >= 15 is 0 Å². The molecule has 0 spiro atoms. The Labute approximate surface area is 123 Å². The molecule has 112 valence electrons. The highest BCUT2D eigenvalue weighted by Crippen LogP contribution is 2.37. The standard InChI is InChI=1S/C18H29NO/c1-5-19-18(15-8-6-13(2)7-9-15)16-10-11-17(20-4)14(3)12-16/h10-13,15,18-19H,5-9H2,1-4H3. The zero-order chi connectivity index (χ0) is 14.5. The number of hydrogen-bond donors (Lipinski definition) is 1. The van der Waals surface area contributed by atoms with E-state index in [1.807, 2.05) is 0 Å². The average Bonchev–Trinajstić information content (AvgIpc) is 2.46. The highest BCUT2D eigenvalue weighted by molar-refractivity contribution is 5.37. The largest absolute Gasteiger partial charge is 0.496 e. The van der Waals surface area contributed by atoms with Crippen LogP contribution in [0.25, 0.3) is 0 Å². The van der Waals surface area contributed by atoms with Gasteiger partial charge < -0.3 is 10.1 Å². The zero-order valence-corrected chi connectivity index (χ0v) is 13.4. The maximum atomic E-state index is 5.38. The van der Waals surface area contributed by atoms with Crippen LogP contribution in [0.5, 0.6) is 5.75 Å². The minimum Gasteiger partial charge on any atom is -0.496 e. The van der Waals surface area contributed by atoms with Crippen molar-refractivity contribution in [3.05, 3.63) is 29.3 Å². The summed E-state index contributed by atoms with van der Waals surface area (Å²) in [5.74, 6) is 2.67. The maximum absolute atomic E-state index is 5.38. The van der Waals surface area contributed by atoms with Gasteiger partial charge in [0, 0.05) is 6.04 Å². The van der Waals surface area contributed by atoms with Crippen LogP contribution in [0.15, 0.2) is 18.2 Å². The molecular formula is C18H29NO. The fraction of sp³-hybridized carbons (Fsp3) is 0.667. The van der Waals surface area contributed by atoms with Crippen LogP contribution < -0.4 is 10.1 Å². The van der Waals surface area contributed by atoms with E-state index in [9.17, 15) is 0 Å². The van der Waals surface area contributed by atoms with Gasteiger partial charge in [-0.15, -0.1) is 0 Å². The Kier molecular flexibility index (Phi) is 5.47. The highest BCUT2D eigenvalue weighted by Gasteiger charge is 2.26. The molecule has 0 aromatic heterocycles. The molecule has 1 aromatic carbocycles. The monoisotopic (exact) mass is 275 g/mol. The number of methoxy groups -OCH3 is 1. The Balaban J connectivity index is 2.17. The zero-order valence-electron chi connectivity index (χ0n) is 13.4. The molecule has 1 N–H and O–H groups in total. The van der Waals surface area contributed by atoms with Gasteiger partial charge in [0.1, 0.15) is 5.75 Å². The first-order valence-electron chi connectivity index (χ1n) is 8.03. The van der Waals surface area contributed by atoms with Crippen molar-refractivity contribution in [3.8, 4) is 5.75 Å². The topological polar surface area (TPSA) is 21.3 Å². The van der Waals surface area contributed by atoms with E-state index in [2.05, 4.69) is 44.3 Å². The molecule has 1 aliphatic rings. The van der Waals surface area contributed by atoms with E-state index in [4.69, 9.17) is 4.74 Å². The number of nitrogens with one attached hydrogen (secondary N) is 1. The molecular weight excluding hydrogens is 246 g/mol. The van der Waals surface area contributed by atoms with Gasteiger partial charge in [-0.3, -0.25) is 0 Å². The van der Waals surface area contributed by atoms with Crippen molar-refractivity contribution in [2.75, 3.05) is 13.7 Å². The maximum Gasteiger partial charge on any atom is 0.121 e. The highest BCUT2D eigenvalue weighted by atomic mass is 16.5. The predicted molar refractivity (Wildman–Crippen MR) is 85.3 cm³/mol. The van der Waals surface area contributed by atoms with Crippen molar-refractivity contribution in [2.24, 2.45) is 11.8 Å². The van der Waals surface area contributed by atoms with Crippen molar-refractivity contribution in [1.82, 2.24) is 5.32 Å². The number of hydrogen-bond acceptors (Lipinski definition) is 2. The third-order valence-electron chi connectivity index (χ3n) is 4.73. The first-order chi connectivity index (χ1) is 9.65. The molecule has 0 amide bonds. The van der Waals surface area contributed by atoms with Crippen LogP contribution in [0.2, 0.25) is 0 Å². The molecule has 0 saturated heterocycles. The van der Waals surface area contributed by atoms with Crippen molar-refractivity contribution in [1.29, 1.82) is 0 Å². The Hall–Kier alpha value is -1.02. The van der Waals surface area contributed by atoms with Crippen molar-refractivity contribution >= 4 is 0 Å². The number of aryl methyl sites for hydroxylation is 1. The van der Waals surface area contributed by atoms with Crippen molar-refractivity contribution in [2.45, 2.75) is 52.5 Å². The van der Waals surface area contributed by atoms with Crippen LogP contribution in [0, 0.1) is 18.8 Å².